The average Bonchev–Trinajstić information content (AvgIpc) is 3.36. The fourth-order valence-corrected chi connectivity index (χ4v) is 6.75. The Kier molecular flexibility index (Phi) is 8.57. The summed E-state index contributed by atoms with van der Waals surface area (Å²) in [6.07, 6.45) is 0.593. The van der Waals surface area contributed by atoms with Crippen molar-refractivity contribution in [3.05, 3.63) is 123 Å². The molecule has 0 saturated carbocycles. The Labute approximate surface area is 262 Å². The van der Waals surface area contributed by atoms with Gasteiger partial charge in [-0.2, -0.15) is 5.26 Å². The van der Waals surface area contributed by atoms with Crippen LogP contribution in [-0.2, 0) is 24.4 Å². The third kappa shape index (κ3) is 6.43. The van der Waals surface area contributed by atoms with Gasteiger partial charge in [0.15, 0.2) is 0 Å². The van der Waals surface area contributed by atoms with Crippen molar-refractivity contribution in [2.75, 3.05) is 23.7 Å². The number of benzene rings is 4. The molecule has 0 spiro atoms. The van der Waals surface area contributed by atoms with Crippen LogP contribution in [0.3, 0.4) is 0 Å². The third-order valence-electron chi connectivity index (χ3n) is 7.38. The number of nitriles is 1. The zero-order valence-corrected chi connectivity index (χ0v) is 25.0. The summed E-state index contributed by atoms with van der Waals surface area (Å²) >= 11 is 7.75. The largest absolute Gasteiger partial charge is 0.487 e. The molecular weight excluding hydrogens is 599 g/mol. The number of nitrogens with one attached hydrogen (secondary N) is 2. The molecule has 1 aliphatic heterocycles. The van der Waals surface area contributed by atoms with Gasteiger partial charge in [0.05, 0.1) is 17.1 Å². The fourth-order valence-electron chi connectivity index (χ4n) is 5.28. The van der Waals surface area contributed by atoms with E-state index in [1.165, 1.54) is 23.5 Å². The van der Waals surface area contributed by atoms with E-state index in [2.05, 4.69) is 16.7 Å². The zero-order valence-electron chi connectivity index (χ0n) is 23.4. The van der Waals surface area contributed by atoms with Gasteiger partial charge in [0.2, 0.25) is 5.91 Å². The van der Waals surface area contributed by atoms with Crippen LogP contribution in [0.2, 0.25) is 5.02 Å². The van der Waals surface area contributed by atoms with E-state index in [-0.39, 0.29) is 30.8 Å². The number of anilines is 2. The van der Waals surface area contributed by atoms with E-state index in [4.69, 9.17) is 16.3 Å². The topological polar surface area (TPSA) is 94.5 Å². The molecule has 7 nitrogen and oxygen atoms in total. The number of hydrogen-bond donors (Lipinski definition) is 2. The van der Waals surface area contributed by atoms with Crippen LogP contribution in [0.4, 0.5) is 15.1 Å². The lowest BCUT2D eigenvalue weighted by Gasteiger charge is -2.26. The van der Waals surface area contributed by atoms with Crippen molar-refractivity contribution in [1.29, 1.82) is 5.26 Å². The second-order valence-corrected chi connectivity index (χ2v) is 11.9. The predicted octanol–water partition coefficient (Wildman–Crippen LogP) is 7.39. The number of hydrogen-bond acceptors (Lipinski definition) is 6. The lowest BCUT2D eigenvalue weighted by atomic mass is 10.0. The van der Waals surface area contributed by atoms with Crippen molar-refractivity contribution in [2.45, 2.75) is 19.6 Å². The predicted molar refractivity (Wildman–Crippen MR) is 171 cm³/mol. The van der Waals surface area contributed by atoms with Gasteiger partial charge < -0.3 is 15.4 Å². The van der Waals surface area contributed by atoms with E-state index < -0.39 is 0 Å². The molecule has 2 amide bonds. The van der Waals surface area contributed by atoms with E-state index in [9.17, 15) is 19.2 Å². The quantitative estimate of drug-likeness (QED) is 0.188. The zero-order chi connectivity index (χ0) is 30.6. The van der Waals surface area contributed by atoms with E-state index in [1.54, 1.807) is 36.4 Å². The second kappa shape index (κ2) is 12.9. The Morgan fingerprint density at radius 3 is 2.66 bits per heavy atom. The van der Waals surface area contributed by atoms with Crippen LogP contribution < -0.4 is 15.4 Å². The van der Waals surface area contributed by atoms with Gasteiger partial charge >= 0.3 is 0 Å². The highest BCUT2D eigenvalue weighted by Crippen LogP contribution is 2.37. The lowest BCUT2D eigenvalue weighted by molar-refractivity contribution is -0.117. The Bertz CT molecular complexity index is 1930. The van der Waals surface area contributed by atoms with Crippen LogP contribution in [-0.4, -0.2) is 29.8 Å². The minimum Gasteiger partial charge on any atom is -0.487 e. The van der Waals surface area contributed by atoms with Gasteiger partial charge in [-0.05, 0) is 64.7 Å². The molecular formula is C34H26ClFN4O3S. The molecule has 2 N–H and O–H groups in total. The number of halogens is 2. The molecule has 10 heteroatoms. The van der Waals surface area contributed by atoms with Crippen LogP contribution in [0.15, 0.2) is 84.9 Å². The normalized spacial score (nSPS) is 12.8. The summed E-state index contributed by atoms with van der Waals surface area (Å²) in [5, 5.41) is 18.4. The summed E-state index contributed by atoms with van der Waals surface area (Å²) in [6.45, 7) is 1.38. The van der Waals surface area contributed by atoms with Crippen LogP contribution in [0.25, 0.3) is 10.8 Å². The molecule has 0 saturated heterocycles. The molecule has 2 heterocycles. The van der Waals surface area contributed by atoms with E-state index in [0.717, 1.165) is 21.2 Å². The van der Waals surface area contributed by atoms with E-state index in [1.807, 2.05) is 41.3 Å². The maximum atomic E-state index is 13.4. The maximum Gasteiger partial charge on any atom is 0.256 e. The second-order valence-electron chi connectivity index (χ2n) is 10.4. The molecule has 44 heavy (non-hydrogen) atoms. The van der Waals surface area contributed by atoms with Gasteiger partial charge in [-0.1, -0.05) is 60.1 Å². The van der Waals surface area contributed by atoms with Crippen LogP contribution in [0, 0.1) is 17.1 Å². The number of thiophene rings is 1. The Morgan fingerprint density at radius 1 is 1.02 bits per heavy atom. The van der Waals surface area contributed by atoms with Gasteiger partial charge in [-0.25, -0.2) is 4.39 Å². The number of fused-ring (bicyclic) bond motifs is 2. The van der Waals surface area contributed by atoms with E-state index in [0.29, 0.717) is 57.7 Å². The number of nitrogens with zero attached hydrogens (tertiary/aromatic N) is 2. The summed E-state index contributed by atoms with van der Waals surface area (Å²) in [4.78, 5) is 29.1. The minimum absolute atomic E-state index is 0.145. The molecule has 220 valence electrons. The lowest BCUT2D eigenvalue weighted by Crippen LogP contribution is -2.36. The highest BCUT2D eigenvalue weighted by molar-refractivity contribution is 7.16. The fraction of sp³-hybridized carbons (Fsp3) is 0.147. The standard InChI is InChI=1S/C34H26ClFN4O3S/c35-29-16-24(11-12-30(29)43-20-21-5-3-8-23(36)15-21)38-32(41)19-40-14-13-26-28(17-37)34(44-31(26)18-40)39-33(42)27-10-4-7-22-6-1-2-9-25(22)27/h1-12,15-16H,13-14,18-20H2,(H,38,41)(H,39,42). The monoisotopic (exact) mass is 624 g/mol. The number of rotatable bonds is 8. The number of carbonyl (C=O) groups excluding carboxylic acids is 2. The number of ether oxygens (including phenoxy) is 1. The van der Waals surface area contributed by atoms with Gasteiger partial charge in [-0.3, -0.25) is 14.5 Å². The molecule has 0 bridgehead atoms. The summed E-state index contributed by atoms with van der Waals surface area (Å²) in [5.74, 6) is -0.391. The smallest absolute Gasteiger partial charge is 0.256 e. The van der Waals surface area contributed by atoms with E-state index >= 15 is 0 Å². The van der Waals surface area contributed by atoms with Gasteiger partial charge in [0.25, 0.3) is 5.91 Å². The first kappa shape index (κ1) is 29.3. The molecule has 0 atom stereocenters. The first-order valence-electron chi connectivity index (χ1n) is 13.9. The Morgan fingerprint density at radius 2 is 1.84 bits per heavy atom. The average molecular weight is 625 g/mol. The van der Waals surface area contributed by atoms with Gasteiger partial charge in [-0.15, -0.1) is 11.3 Å². The van der Waals surface area contributed by atoms with Crippen molar-refractivity contribution in [3.63, 3.8) is 0 Å². The molecule has 0 fully saturated rings. The van der Waals surface area contributed by atoms with Gasteiger partial charge in [0, 0.05) is 29.2 Å². The maximum absolute atomic E-state index is 13.4. The Hall–Kier alpha value is -4.75. The highest BCUT2D eigenvalue weighted by Gasteiger charge is 2.27. The summed E-state index contributed by atoms with van der Waals surface area (Å²) in [7, 11) is 0. The van der Waals surface area contributed by atoms with Crippen molar-refractivity contribution in [1.82, 2.24) is 4.90 Å². The summed E-state index contributed by atoms with van der Waals surface area (Å²) < 4.78 is 19.1. The first-order valence-corrected chi connectivity index (χ1v) is 15.1. The third-order valence-corrected chi connectivity index (χ3v) is 8.80. The molecule has 0 radical (unpaired) electrons. The molecule has 5 aromatic rings. The SMILES string of the molecule is N#Cc1c(NC(=O)c2cccc3ccccc23)sc2c1CCN(CC(=O)Nc1ccc(OCc3cccc(F)c3)c(Cl)c1)C2. The van der Waals surface area contributed by atoms with Crippen LogP contribution in [0.1, 0.15) is 31.9 Å². The van der Waals surface area contributed by atoms with Crippen molar-refractivity contribution >= 4 is 56.2 Å². The number of carbonyl (C=O) groups is 2. The Balaban J connectivity index is 1.07. The van der Waals surface area contributed by atoms with Gasteiger partial charge in [0.1, 0.15) is 29.2 Å². The molecule has 1 aromatic heterocycles. The first-order chi connectivity index (χ1) is 21.4. The molecule has 0 aliphatic carbocycles. The van der Waals surface area contributed by atoms with Crippen LogP contribution >= 0.6 is 22.9 Å². The minimum atomic E-state index is -0.339. The van der Waals surface area contributed by atoms with Crippen molar-refractivity contribution < 1.29 is 18.7 Å². The molecule has 4 aromatic carbocycles. The van der Waals surface area contributed by atoms with Crippen molar-refractivity contribution in [3.8, 4) is 11.8 Å². The van der Waals surface area contributed by atoms with Crippen LogP contribution in [0.5, 0.6) is 5.75 Å². The van der Waals surface area contributed by atoms with Crippen molar-refractivity contribution in [2.24, 2.45) is 0 Å². The summed E-state index contributed by atoms with van der Waals surface area (Å²) in [5.41, 5.74) is 3.15. The number of amides is 2. The highest BCUT2D eigenvalue weighted by atomic mass is 35.5. The molecule has 6 rings (SSSR count). The summed E-state index contributed by atoms with van der Waals surface area (Å²) in [6, 6.07) is 26.6. The molecule has 0 unspecified atom stereocenters. The molecule has 1 aliphatic rings.